The van der Waals surface area contributed by atoms with E-state index in [4.69, 9.17) is 25.7 Å². The Labute approximate surface area is 105 Å². The number of nitrogens with two attached hydrogens (primary N) is 2. The highest BCUT2D eigenvalue weighted by Gasteiger charge is 2.10. The lowest BCUT2D eigenvalue weighted by molar-refractivity contribution is 0.349. The van der Waals surface area contributed by atoms with E-state index in [0.29, 0.717) is 22.8 Å². The van der Waals surface area contributed by atoms with Gasteiger partial charge >= 0.3 is 0 Å². The summed E-state index contributed by atoms with van der Waals surface area (Å²) in [4.78, 5) is 0. The first-order valence-corrected chi connectivity index (χ1v) is 5.04. The van der Waals surface area contributed by atoms with E-state index in [1.807, 2.05) is 0 Å². The molecule has 7 nitrogen and oxygen atoms in total. The molecule has 98 valence electrons. The van der Waals surface area contributed by atoms with Crippen molar-refractivity contribution >= 4 is 12.2 Å². The van der Waals surface area contributed by atoms with Gasteiger partial charge in [-0.05, 0) is 6.07 Å². The van der Waals surface area contributed by atoms with Crippen LogP contribution in [-0.2, 0) is 0 Å². The molecule has 0 bridgehead atoms. The molecule has 0 amide bonds. The van der Waals surface area contributed by atoms with E-state index in [9.17, 15) is 0 Å². The lowest BCUT2D eigenvalue weighted by atomic mass is 10.2. The van der Waals surface area contributed by atoms with Crippen molar-refractivity contribution in [2.75, 3.05) is 21.3 Å². The van der Waals surface area contributed by atoms with E-state index in [0.717, 1.165) is 0 Å². The topological polar surface area (TPSA) is 104 Å². The van der Waals surface area contributed by atoms with Crippen LogP contribution in [0.15, 0.2) is 22.3 Å². The highest BCUT2D eigenvalue weighted by atomic mass is 16.5. The molecule has 0 saturated heterocycles. The molecular formula is C11H16N4O3. The minimum atomic E-state index is -0.120. The number of methoxy groups -OCH3 is 3. The molecule has 0 saturated carbocycles. The average Bonchev–Trinajstić information content (AvgIpc) is 2.37. The predicted molar refractivity (Wildman–Crippen MR) is 69.5 cm³/mol. The number of hydrogen-bond acceptors (Lipinski definition) is 5. The maximum Gasteiger partial charge on any atom is 0.211 e. The maximum absolute atomic E-state index is 5.21. The molecule has 1 aromatic carbocycles. The fourth-order valence-electron chi connectivity index (χ4n) is 1.31. The van der Waals surface area contributed by atoms with E-state index >= 15 is 0 Å². The molecular weight excluding hydrogens is 236 g/mol. The summed E-state index contributed by atoms with van der Waals surface area (Å²) in [7, 11) is 4.63. The first kappa shape index (κ1) is 13.6. The van der Waals surface area contributed by atoms with Gasteiger partial charge in [-0.15, -0.1) is 5.10 Å². The van der Waals surface area contributed by atoms with Crippen LogP contribution >= 0.6 is 0 Å². The van der Waals surface area contributed by atoms with Crippen LogP contribution in [0.5, 0.6) is 17.2 Å². The summed E-state index contributed by atoms with van der Waals surface area (Å²) in [6.07, 6.45) is 1.46. The molecule has 0 unspecified atom stereocenters. The molecule has 1 rings (SSSR count). The van der Waals surface area contributed by atoms with Crippen molar-refractivity contribution in [2.24, 2.45) is 21.7 Å². The Morgan fingerprint density at radius 1 is 1.00 bits per heavy atom. The third kappa shape index (κ3) is 3.27. The number of ether oxygens (including phenoxy) is 3. The van der Waals surface area contributed by atoms with Gasteiger partial charge in [0, 0.05) is 11.6 Å². The second kappa shape index (κ2) is 6.33. The number of rotatable bonds is 5. The number of hydrogen-bond donors (Lipinski definition) is 2. The Morgan fingerprint density at radius 3 is 2.06 bits per heavy atom. The van der Waals surface area contributed by atoms with Gasteiger partial charge in [0.2, 0.25) is 5.96 Å². The van der Waals surface area contributed by atoms with Gasteiger partial charge < -0.3 is 25.7 Å². The van der Waals surface area contributed by atoms with Crippen molar-refractivity contribution in [2.45, 2.75) is 0 Å². The normalized spacial score (nSPS) is 10.2. The Hall–Kier alpha value is -2.44. The molecule has 0 aliphatic rings. The number of guanidine groups is 1. The van der Waals surface area contributed by atoms with Gasteiger partial charge in [0.25, 0.3) is 0 Å². The van der Waals surface area contributed by atoms with Crippen LogP contribution in [0.2, 0.25) is 0 Å². The molecule has 0 aliphatic heterocycles. The molecule has 0 aromatic heterocycles. The molecule has 0 spiro atoms. The van der Waals surface area contributed by atoms with Crippen molar-refractivity contribution in [3.8, 4) is 17.2 Å². The third-order valence-corrected chi connectivity index (χ3v) is 2.11. The van der Waals surface area contributed by atoms with Crippen LogP contribution in [-0.4, -0.2) is 33.5 Å². The minimum absolute atomic E-state index is 0.120. The lowest BCUT2D eigenvalue weighted by Crippen LogP contribution is -2.21. The van der Waals surface area contributed by atoms with E-state index in [-0.39, 0.29) is 5.96 Å². The molecule has 0 aliphatic carbocycles. The van der Waals surface area contributed by atoms with Crippen molar-refractivity contribution in [1.29, 1.82) is 0 Å². The second-order valence-electron chi connectivity index (χ2n) is 3.22. The summed E-state index contributed by atoms with van der Waals surface area (Å²) in [6.45, 7) is 0. The van der Waals surface area contributed by atoms with Crippen LogP contribution in [0.3, 0.4) is 0 Å². The number of nitrogens with zero attached hydrogens (tertiary/aromatic N) is 2. The van der Waals surface area contributed by atoms with Gasteiger partial charge in [0.05, 0.1) is 27.5 Å². The van der Waals surface area contributed by atoms with Gasteiger partial charge in [0.15, 0.2) is 11.5 Å². The largest absolute Gasteiger partial charge is 0.496 e. The van der Waals surface area contributed by atoms with Crippen molar-refractivity contribution in [3.05, 3.63) is 17.7 Å². The van der Waals surface area contributed by atoms with Crippen molar-refractivity contribution in [1.82, 2.24) is 0 Å². The van der Waals surface area contributed by atoms with Crippen LogP contribution in [0.4, 0.5) is 0 Å². The summed E-state index contributed by atoms with van der Waals surface area (Å²) in [5.74, 6) is 1.57. The quantitative estimate of drug-likeness (QED) is 0.446. The van der Waals surface area contributed by atoms with Gasteiger partial charge in [0.1, 0.15) is 5.75 Å². The van der Waals surface area contributed by atoms with Gasteiger partial charge in [-0.2, -0.15) is 5.10 Å². The van der Waals surface area contributed by atoms with Crippen LogP contribution in [0.1, 0.15) is 5.56 Å². The van der Waals surface area contributed by atoms with E-state index in [2.05, 4.69) is 10.2 Å². The Kier molecular flexibility index (Phi) is 4.79. The molecule has 0 heterocycles. The van der Waals surface area contributed by atoms with E-state index < -0.39 is 0 Å². The van der Waals surface area contributed by atoms with Gasteiger partial charge in [-0.25, -0.2) is 0 Å². The summed E-state index contributed by atoms with van der Waals surface area (Å²) in [6, 6.07) is 3.40. The maximum atomic E-state index is 5.21. The second-order valence-corrected chi connectivity index (χ2v) is 3.22. The zero-order valence-corrected chi connectivity index (χ0v) is 10.5. The molecule has 0 fully saturated rings. The molecule has 7 heteroatoms. The summed E-state index contributed by atoms with van der Waals surface area (Å²) >= 11 is 0. The standard InChI is InChI=1S/C11H16N4O3/c1-16-8-5-10(18-3)9(17-2)4-7(8)6-14-15-11(12)13/h4-6H,1-3H3,(H4,12,13,15)/b14-6+. The Bertz CT molecular complexity index is 468. The SMILES string of the molecule is COc1cc(OC)c(OC)cc1/C=N/N=C(N)N. The fraction of sp³-hybridized carbons (Fsp3) is 0.273. The Balaban J connectivity index is 3.17. The van der Waals surface area contributed by atoms with Crippen LogP contribution in [0.25, 0.3) is 0 Å². The minimum Gasteiger partial charge on any atom is -0.496 e. The first-order chi connectivity index (χ1) is 8.62. The zero-order valence-electron chi connectivity index (χ0n) is 10.5. The highest BCUT2D eigenvalue weighted by Crippen LogP contribution is 2.33. The van der Waals surface area contributed by atoms with Crippen LogP contribution < -0.4 is 25.7 Å². The Morgan fingerprint density at radius 2 is 1.56 bits per heavy atom. The molecule has 0 radical (unpaired) electrons. The van der Waals surface area contributed by atoms with E-state index in [1.54, 1.807) is 33.5 Å². The average molecular weight is 252 g/mol. The monoisotopic (exact) mass is 252 g/mol. The number of benzene rings is 1. The summed E-state index contributed by atoms with van der Waals surface area (Å²) in [5.41, 5.74) is 11.0. The fourth-order valence-corrected chi connectivity index (χ4v) is 1.31. The first-order valence-electron chi connectivity index (χ1n) is 5.04. The van der Waals surface area contributed by atoms with Crippen molar-refractivity contribution in [3.63, 3.8) is 0 Å². The van der Waals surface area contributed by atoms with Crippen LogP contribution in [0, 0.1) is 0 Å². The lowest BCUT2D eigenvalue weighted by Gasteiger charge is -2.11. The van der Waals surface area contributed by atoms with Gasteiger partial charge in [-0.1, -0.05) is 0 Å². The third-order valence-electron chi connectivity index (χ3n) is 2.11. The smallest absolute Gasteiger partial charge is 0.211 e. The molecule has 1 aromatic rings. The summed E-state index contributed by atoms with van der Waals surface area (Å²) in [5, 5.41) is 7.22. The molecule has 18 heavy (non-hydrogen) atoms. The summed E-state index contributed by atoms with van der Waals surface area (Å²) < 4.78 is 15.5. The van der Waals surface area contributed by atoms with E-state index in [1.165, 1.54) is 6.21 Å². The zero-order chi connectivity index (χ0) is 13.5. The van der Waals surface area contributed by atoms with Crippen molar-refractivity contribution < 1.29 is 14.2 Å². The highest BCUT2D eigenvalue weighted by molar-refractivity contribution is 5.86. The predicted octanol–water partition coefficient (Wildman–Crippen LogP) is 0.320. The molecule has 4 N–H and O–H groups in total. The van der Waals surface area contributed by atoms with Gasteiger partial charge in [-0.3, -0.25) is 0 Å². The molecule has 0 atom stereocenters.